The minimum absolute atomic E-state index is 0.501. The number of carbonyl (C=O) groups is 1. The van der Waals surface area contributed by atoms with Crippen molar-refractivity contribution in [3.63, 3.8) is 0 Å². The number of rotatable bonds is 2. The van der Waals surface area contributed by atoms with Gasteiger partial charge in [0.1, 0.15) is 0 Å². The van der Waals surface area contributed by atoms with Crippen LogP contribution in [0.25, 0.3) is 0 Å². The van der Waals surface area contributed by atoms with Gasteiger partial charge in [0.2, 0.25) is 0 Å². The third kappa shape index (κ3) is 1.51. The van der Waals surface area contributed by atoms with Gasteiger partial charge >= 0.3 is 5.97 Å². The Morgan fingerprint density at radius 2 is 2.47 bits per heavy atom. The predicted molar refractivity (Wildman–Crippen MR) is 53.5 cm³/mol. The molecule has 4 heteroatoms. The van der Waals surface area contributed by atoms with Gasteiger partial charge in [-0.3, -0.25) is 4.98 Å². The van der Waals surface area contributed by atoms with E-state index in [1.807, 2.05) is 6.92 Å². The summed E-state index contributed by atoms with van der Waals surface area (Å²) >= 11 is 0. The number of carboxylic acids is 1. The Bertz CT molecular complexity index is 383. The molecule has 2 rings (SSSR count). The molecule has 1 saturated heterocycles. The number of carboxylic acid groups (broad SMARTS) is 1. The highest BCUT2D eigenvalue weighted by Gasteiger charge is 2.45. The molecule has 0 bridgehead atoms. The SMILES string of the molecule is Cc1ncccc1C1(C(=O)O)CCCO1. The summed E-state index contributed by atoms with van der Waals surface area (Å²) in [6, 6.07) is 3.52. The highest BCUT2D eigenvalue weighted by molar-refractivity contribution is 5.80. The third-order valence-electron chi connectivity index (χ3n) is 2.81. The number of aryl methyl sites for hydroxylation is 1. The molecule has 0 amide bonds. The lowest BCUT2D eigenvalue weighted by Crippen LogP contribution is -2.35. The quantitative estimate of drug-likeness (QED) is 0.798. The van der Waals surface area contributed by atoms with Crippen LogP contribution < -0.4 is 0 Å². The van der Waals surface area contributed by atoms with Gasteiger partial charge in [0.15, 0.2) is 5.60 Å². The molecule has 80 valence electrons. The Balaban J connectivity index is 2.50. The van der Waals surface area contributed by atoms with Crippen LogP contribution in [0.3, 0.4) is 0 Å². The average Bonchev–Trinajstić information content (AvgIpc) is 2.68. The van der Waals surface area contributed by atoms with Crippen LogP contribution in [0.5, 0.6) is 0 Å². The van der Waals surface area contributed by atoms with Crippen LogP contribution in [0.1, 0.15) is 24.1 Å². The first-order chi connectivity index (χ1) is 7.17. The van der Waals surface area contributed by atoms with Crippen molar-refractivity contribution in [2.75, 3.05) is 6.61 Å². The summed E-state index contributed by atoms with van der Waals surface area (Å²) in [5, 5.41) is 9.29. The van der Waals surface area contributed by atoms with E-state index < -0.39 is 11.6 Å². The van der Waals surface area contributed by atoms with Crippen molar-refractivity contribution in [1.82, 2.24) is 4.98 Å². The van der Waals surface area contributed by atoms with E-state index in [4.69, 9.17) is 4.74 Å². The fourth-order valence-electron chi connectivity index (χ4n) is 2.05. The van der Waals surface area contributed by atoms with Crippen molar-refractivity contribution in [1.29, 1.82) is 0 Å². The number of aromatic nitrogens is 1. The largest absolute Gasteiger partial charge is 0.479 e. The number of hydrogen-bond donors (Lipinski definition) is 1. The van der Waals surface area contributed by atoms with E-state index in [1.54, 1.807) is 18.3 Å². The normalized spacial score (nSPS) is 25.4. The fraction of sp³-hybridized carbons (Fsp3) is 0.455. The molecule has 15 heavy (non-hydrogen) atoms. The van der Waals surface area contributed by atoms with Gasteiger partial charge in [-0.15, -0.1) is 0 Å². The molecule has 1 N–H and O–H groups in total. The van der Waals surface area contributed by atoms with E-state index in [0.29, 0.717) is 18.6 Å². The van der Waals surface area contributed by atoms with Gasteiger partial charge in [0, 0.05) is 24.1 Å². The summed E-state index contributed by atoms with van der Waals surface area (Å²) in [6.45, 7) is 2.31. The Morgan fingerprint density at radius 3 is 3.00 bits per heavy atom. The molecular formula is C11H13NO3. The van der Waals surface area contributed by atoms with Crippen molar-refractivity contribution in [2.24, 2.45) is 0 Å². The Morgan fingerprint density at radius 1 is 1.67 bits per heavy atom. The van der Waals surface area contributed by atoms with E-state index in [2.05, 4.69) is 4.98 Å². The highest BCUT2D eigenvalue weighted by Crippen LogP contribution is 2.37. The minimum Gasteiger partial charge on any atom is -0.479 e. The van der Waals surface area contributed by atoms with Gasteiger partial charge in [0.25, 0.3) is 0 Å². The zero-order valence-electron chi connectivity index (χ0n) is 8.56. The van der Waals surface area contributed by atoms with Crippen LogP contribution in [0.4, 0.5) is 0 Å². The first kappa shape index (κ1) is 10.1. The van der Waals surface area contributed by atoms with Gasteiger partial charge in [-0.05, 0) is 25.8 Å². The summed E-state index contributed by atoms with van der Waals surface area (Å²) in [6.07, 6.45) is 2.96. The number of hydrogen-bond acceptors (Lipinski definition) is 3. The van der Waals surface area contributed by atoms with Gasteiger partial charge < -0.3 is 9.84 Å². The van der Waals surface area contributed by atoms with Crippen molar-refractivity contribution in [3.8, 4) is 0 Å². The average molecular weight is 207 g/mol. The summed E-state index contributed by atoms with van der Waals surface area (Å²) in [5.41, 5.74) is 0.232. The molecule has 0 aromatic carbocycles. The predicted octanol–water partition coefficient (Wildman–Crippen LogP) is 1.48. The second-order valence-corrected chi connectivity index (χ2v) is 3.72. The smallest absolute Gasteiger partial charge is 0.340 e. The number of nitrogens with zero attached hydrogens (tertiary/aromatic N) is 1. The summed E-state index contributed by atoms with van der Waals surface area (Å²) in [5.74, 6) is -0.920. The molecule has 1 aliphatic heterocycles. The topological polar surface area (TPSA) is 59.4 Å². The summed E-state index contributed by atoms with van der Waals surface area (Å²) in [4.78, 5) is 15.4. The van der Waals surface area contributed by atoms with Crippen LogP contribution >= 0.6 is 0 Å². The van der Waals surface area contributed by atoms with Crippen molar-refractivity contribution < 1.29 is 14.6 Å². The van der Waals surface area contributed by atoms with Gasteiger partial charge in [-0.2, -0.15) is 0 Å². The molecule has 4 nitrogen and oxygen atoms in total. The molecule has 1 aliphatic rings. The molecule has 2 heterocycles. The molecule has 0 saturated carbocycles. The number of pyridine rings is 1. The van der Waals surface area contributed by atoms with E-state index >= 15 is 0 Å². The Hall–Kier alpha value is -1.42. The lowest BCUT2D eigenvalue weighted by molar-refractivity contribution is -0.161. The Labute approximate surface area is 87.9 Å². The Kier molecular flexibility index (Phi) is 2.44. The second-order valence-electron chi connectivity index (χ2n) is 3.72. The van der Waals surface area contributed by atoms with Gasteiger partial charge in [-0.25, -0.2) is 4.79 Å². The maximum Gasteiger partial charge on any atom is 0.340 e. The minimum atomic E-state index is -1.17. The van der Waals surface area contributed by atoms with Crippen LogP contribution in [0.2, 0.25) is 0 Å². The zero-order valence-corrected chi connectivity index (χ0v) is 8.56. The van der Waals surface area contributed by atoms with Gasteiger partial charge in [0.05, 0.1) is 0 Å². The molecule has 0 radical (unpaired) electrons. The molecule has 1 aromatic heterocycles. The van der Waals surface area contributed by atoms with E-state index in [-0.39, 0.29) is 0 Å². The third-order valence-corrected chi connectivity index (χ3v) is 2.81. The second kappa shape index (κ2) is 3.62. The zero-order chi connectivity index (χ0) is 10.9. The van der Waals surface area contributed by atoms with Crippen molar-refractivity contribution >= 4 is 5.97 Å². The van der Waals surface area contributed by atoms with E-state index in [9.17, 15) is 9.90 Å². The molecule has 1 unspecified atom stereocenters. The van der Waals surface area contributed by atoms with Crippen molar-refractivity contribution in [3.05, 3.63) is 29.6 Å². The van der Waals surface area contributed by atoms with Crippen LogP contribution in [0, 0.1) is 6.92 Å². The monoisotopic (exact) mass is 207 g/mol. The number of ether oxygens (including phenoxy) is 1. The lowest BCUT2D eigenvalue weighted by Gasteiger charge is -2.24. The summed E-state index contributed by atoms with van der Waals surface area (Å²) < 4.78 is 5.43. The standard InChI is InChI=1S/C11H13NO3/c1-8-9(4-2-6-12-8)11(10(13)14)5-3-7-15-11/h2,4,6H,3,5,7H2,1H3,(H,13,14). The van der Waals surface area contributed by atoms with Crippen LogP contribution in [-0.2, 0) is 15.1 Å². The first-order valence-corrected chi connectivity index (χ1v) is 4.96. The van der Waals surface area contributed by atoms with E-state index in [0.717, 1.165) is 12.1 Å². The first-order valence-electron chi connectivity index (χ1n) is 4.96. The van der Waals surface area contributed by atoms with Crippen molar-refractivity contribution in [2.45, 2.75) is 25.4 Å². The number of aliphatic carboxylic acids is 1. The molecule has 1 aromatic rings. The highest BCUT2D eigenvalue weighted by atomic mass is 16.5. The summed E-state index contributed by atoms with van der Waals surface area (Å²) in [7, 11) is 0. The molecule has 0 spiro atoms. The molecular weight excluding hydrogens is 194 g/mol. The molecule has 1 fully saturated rings. The maximum atomic E-state index is 11.3. The van der Waals surface area contributed by atoms with Crippen LogP contribution in [0.15, 0.2) is 18.3 Å². The van der Waals surface area contributed by atoms with E-state index in [1.165, 1.54) is 0 Å². The van der Waals surface area contributed by atoms with Gasteiger partial charge in [-0.1, -0.05) is 6.07 Å². The lowest BCUT2D eigenvalue weighted by atomic mass is 9.90. The maximum absolute atomic E-state index is 11.3. The molecule has 0 aliphatic carbocycles. The molecule has 1 atom stereocenters. The van der Waals surface area contributed by atoms with Crippen LogP contribution in [-0.4, -0.2) is 22.7 Å². The fourth-order valence-corrected chi connectivity index (χ4v) is 2.05.